The summed E-state index contributed by atoms with van der Waals surface area (Å²) in [6, 6.07) is 3.10. The van der Waals surface area contributed by atoms with Crippen molar-refractivity contribution in [3.63, 3.8) is 0 Å². The summed E-state index contributed by atoms with van der Waals surface area (Å²) in [4.78, 5) is 10.9. The first-order valence-electron chi connectivity index (χ1n) is 4.97. The summed E-state index contributed by atoms with van der Waals surface area (Å²) >= 11 is 17.6. The molecule has 112 valence electrons. The minimum atomic E-state index is -5.12. The van der Waals surface area contributed by atoms with Gasteiger partial charge in [-0.25, -0.2) is 4.79 Å². The molecule has 0 atom stereocenters. The van der Waals surface area contributed by atoms with Crippen molar-refractivity contribution < 1.29 is 21.8 Å². The van der Waals surface area contributed by atoms with E-state index in [1.807, 2.05) is 0 Å². The van der Waals surface area contributed by atoms with Crippen LogP contribution in [0.1, 0.15) is 9.67 Å². The highest BCUT2D eigenvalue weighted by molar-refractivity contribution is 7.86. The molecule has 0 unspecified atom stereocenters. The smallest absolute Gasteiger partial charge is 0.357 e. The average Bonchev–Trinajstić information content (AvgIpc) is 2.71. The Morgan fingerprint density at radius 3 is 2.48 bits per heavy atom. The van der Waals surface area contributed by atoms with Crippen LogP contribution in [0.5, 0.6) is 5.75 Å². The van der Waals surface area contributed by atoms with Crippen LogP contribution in [0.15, 0.2) is 23.1 Å². The quantitative estimate of drug-likeness (QED) is 0.450. The van der Waals surface area contributed by atoms with Gasteiger partial charge in [0.05, 0.1) is 0 Å². The number of aromatic nitrogens is 1. The van der Waals surface area contributed by atoms with E-state index >= 15 is 0 Å². The summed E-state index contributed by atoms with van der Waals surface area (Å²) in [5.41, 5.74) is 0. The van der Waals surface area contributed by atoms with E-state index in [-0.39, 0.29) is 20.1 Å². The Morgan fingerprint density at radius 2 is 1.95 bits per heavy atom. The molecule has 0 saturated carbocycles. The standard InChI is InChI=1S/C10H3Cl3FNO4S2/c11-4-1-2-5(6(3-4)21(14,17)18)19-10(16)8-7(12)9(13)15-20-8/h1-3H. The van der Waals surface area contributed by atoms with Crippen LogP contribution in [-0.2, 0) is 10.2 Å². The fraction of sp³-hybridized carbons (Fsp3) is 0. The minimum absolute atomic E-state index is 0.0371. The maximum absolute atomic E-state index is 13.2. The molecule has 1 heterocycles. The van der Waals surface area contributed by atoms with Crippen molar-refractivity contribution in [3.8, 4) is 5.75 Å². The van der Waals surface area contributed by atoms with Crippen LogP contribution in [0.4, 0.5) is 3.89 Å². The second kappa shape index (κ2) is 6.05. The molecule has 1 aromatic carbocycles. The molecule has 11 heteroatoms. The lowest BCUT2D eigenvalue weighted by atomic mass is 10.3. The molecule has 0 saturated heterocycles. The fourth-order valence-corrected chi connectivity index (χ4v) is 3.23. The number of carbonyl (C=O) groups excluding carboxylic acids is 1. The largest absolute Gasteiger partial charge is 0.421 e. The molecule has 2 rings (SSSR count). The van der Waals surface area contributed by atoms with Crippen LogP contribution in [0.2, 0.25) is 15.2 Å². The molecule has 0 radical (unpaired) electrons. The number of esters is 1. The van der Waals surface area contributed by atoms with Gasteiger partial charge in [-0.15, -0.1) is 3.89 Å². The van der Waals surface area contributed by atoms with Gasteiger partial charge in [-0.05, 0) is 29.7 Å². The molecule has 0 bridgehead atoms. The van der Waals surface area contributed by atoms with Crippen molar-refractivity contribution in [3.05, 3.63) is 38.3 Å². The lowest BCUT2D eigenvalue weighted by molar-refractivity contribution is 0.0735. The molecule has 0 N–H and O–H groups in total. The molecule has 1 aromatic heterocycles. The summed E-state index contributed by atoms with van der Waals surface area (Å²) < 4.78 is 43.6. The van der Waals surface area contributed by atoms with E-state index in [0.717, 1.165) is 12.1 Å². The van der Waals surface area contributed by atoms with Crippen LogP contribution in [0, 0.1) is 0 Å². The molecular formula is C10H3Cl3FNO4S2. The Kier molecular flexibility index (Phi) is 4.74. The molecule has 0 spiro atoms. The van der Waals surface area contributed by atoms with Gasteiger partial charge in [0.2, 0.25) is 0 Å². The highest BCUT2D eigenvalue weighted by Crippen LogP contribution is 2.32. The van der Waals surface area contributed by atoms with Gasteiger partial charge < -0.3 is 4.74 Å². The second-order valence-electron chi connectivity index (χ2n) is 3.53. The normalized spacial score (nSPS) is 11.4. The first kappa shape index (κ1) is 16.4. The Morgan fingerprint density at radius 1 is 1.29 bits per heavy atom. The SMILES string of the molecule is O=C(Oc1ccc(Cl)cc1S(=O)(=O)F)c1snc(Cl)c1Cl. The summed E-state index contributed by atoms with van der Waals surface area (Å²) in [5.74, 6) is -1.54. The van der Waals surface area contributed by atoms with Gasteiger partial charge in [0.15, 0.2) is 15.8 Å². The lowest BCUT2D eigenvalue weighted by Gasteiger charge is -2.07. The van der Waals surface area contributed by atoms with E-state index in [1.54, 1.807) is 0 Å². The summed E-state index contributed by atoms with van der Waals surface area (Å²) in [6.45, 7) is 0. The third kappa shape index (κ3) is 3.64. The van der Waals surface area contributed by atoms with Crippen molar-refractivity contribution in [2.75, 3.05) is 0 Å². The van der Waals surface area contributed by atoms with Crippen molar-refractivity contribution in [1.29, 1.82) is 0 Å². The number of rotatable bonds is 3. The topological polar surface area (TPSA) is 73.3 Å². The van der Waals surface area contributed by atoms with Crippen LogP contribution in [0.3, 0.4) is 0 Å². The van der Waals surface area contributed by atoms with E-state index in [2.05, 4.69) is 4.37 Å². The number of hydrogen-bond donors (Lipinski definition) is 0. The number of nitrogens with zero attached hydrogens (tertiary/aromatic N) is 1. The van der Waals surface area contributed by atoms with Crippen molar-refractivity contribution in [2.24, 2.45) is 0 Å². The first-order chi connectivity index (χ1) is 9.70. The molecule has 0 aliphatic carbocycles. The first-order valence-corrected chi connectivity index (χ1v) is 8.26. The summed E-state index contributed by atoms with van der Waals surface area (Å²) in [5, 5.41) is -0.266. The zero-order valence-corrected chi connectivity index (χ0v) is 13.5. The van der Waals surface area contributed by atoms with Crippen molar-refractivity contribution >= 4 is 62.5 Å². The van der Waals surface area contributed by atoms with E-state index in [1.165, 1.54) is 6.07 Å². The average molecular weight is 391 g/mol. The third-order valence-corrected chi connectivity index (χ3v) is 5.01. The van der Waals surface area contributed by atoms with Crippen LogP contribution in [0.25, 0.3) is 0 Å². The van der Waals surface area contributed by atoms with Gasteiger partial charge >= 0.3 is 16.2 Å². The number of halogens is 4. The third-order valence-electron chi connectivity index (χ3n) is 2.15. The molecule has 0 aliphatic heterocycles. The van der Waals surface area contributed by atoms with Crippen LogP contribution in [-0.4, -0.2) is 18.8 Å². The highest BCUT2D eigenvalue weighted by atomic mass is 35.5. The van der Waals surface area contributed by atoms with Crippen LogP contribution < -0.4 is 4.74 Å². The number of carbonyl (C=O) groups is 1. The molecule has 21 heavy (non-hydrogen) atoms. The predicted octanol–water partition coefficient (Wildman–Crippen LogP) is 3.98. The number of ether oxygens (including phenoxy) is 1. The monoisotopic (exact) mass is 389 g/mol. The molecule has 0 amide bonds. The Balaban J connectivity index is 2.41. The van der Waals surface area contributed by atoms with Crippen LogP contribution >= 0.6 is 46.3 Å². The molecule has 0 fully saturated rings. The molecule has 5 nitrogen and oxygen atoms in total. The minimum Gasteiger partial charge on any atom is -0.421 e. The Labute approximate surface area is 137 Å². The maximum Gasteiger partial charge on any atom is 0.357 e. The Hall–Kier alpha value is -0.930. The maximum atomic E-state index is 13.2. The zero-order chi connectivity index (χ0) is 15.8. The van der Waals surface area contributed by atoms with Gasteiger partial charge in [-0.1, -0.05) is 34.8 Å². The number of benzene rings is 1. The number of hydrogen-bond acceptors (Lipinski definition) is 6. The van der Waals surface area contributed by atoms with Gasteiger partial charge in [-0.2, -0.15) is 12.8 Å². The Bertz CT molecular complexity index is 822. The lowest BCUT2D eigenvalue weighted by Crippen LogP contribution is -2.09. The summed E-state index contributed by atoms with van der Waals surface area (Å²) in [7, 11) is -5.12. The van der Waals surface area contributed by atoms with E-state index in [9.17, 15) is 17.1 Å². The van der Waals surface area contributed by atoms with Gasteiger partial charge in [0.1, 0.15) is 9.92 Å². The predicted molar refractivity (Wildman–Crippen MR) is 76.8 cm³/mol. The van der Waals surface area contributed by atoms with Crippen molar-refractivity contribution in [1.82, 2.24) is 4.37 Å². The second-order valence-corrected chi connectivity index (χ2v) is 6.80. The molecular weight excluding hydrogens is 388 g/mol. The van der Waals surface area contributed by atoms with Gasteiger partial charge in [0, 0.05) is 5.02 Å². The summed E-state index contributed by atoms with van der Waals surface area (Å²) in [6.07, 6.45) is 0. The van der Waals surface area contributed by atoms with E-state index < -0.39 is 26.8 Å². The molecule has 0 aliphatic rings. The van der Waals surface area contributed by atoms with E-state index in [4.69, 9.17) is 39.5 Å². The van der Waals surface area contributed by atoms with Gasteiger partial charge in [-0.3, -0.25) is 0 Å². The zero-order valence-electron chi connectivity index (χ0n) is 9.64. The van der Waals surface area contributed by atoms with Gasteiger partial charge in [0.25, 0.3) is 0 Å². The highest BCUT2D eigenvalue weighted by Gasteiger charge is 2.24. The fourth-order valence-electron chi connectivity index (χ4n) is 1.29. The van der Waals surface area contributed by atoms with Crippen molar-refractivity contribution in [2.45, 2.75) is 4.90 Å². The molecule has 2 aromatic rings. The van der Waals surface area contributed by atoms with E-state index in [0.29, 0.717) is 11.5 Å².